The van der Waals surface area contributed by atoms with Gasteiger partial charge in [-0.15, -0.1) is 6.58 Å². The molecular weight excluding hydrogens is 323 g/mol. The summed E-state index contributed by atoms with van der Waals surface area (Å²) in [7, 11) is 2.41. The van der Waals surface area contributed by atoms with Crippen LogP contribution in [0.5, 0.6) is 0 Å². The molecule has 0 atom stereocenters. The van der Waals surface area contributed by atoms with Gasteiger partial charge in [0.2, 0.25) is 0 Å². The van der Waals surface area contributed by atoms with Crippen LogP contribution in [0, 0.1) is 22.2 Å². The number of rotatable bonds is 10. The molecule has 2 fully saturated rings. The third kappa shape index (κ3) is 4.38. The van der Waals surface area contributed by atoms with E-state index < -0.39 is 0 Å². The average molecular weight is 363 g/mol. The first kappa shape index (κ1) is 20.8. The van der Waals surface area contributed by atoms with E-state index in [-0.39, 0.29) is 10.8 Å². The van der Waals surface area contributed by atoms with E-state index in [1.165, 1.54) is 50.4 Å². The van der Waals surface area contributed by atoms with E-state index in [1.807, 2.05) is 0 Å². The quantitative estimate of drug-likeness (QED) is 0.306. The van der Waals surface area contributed by atoms with Gasteiger partial charge < -0.3 is 0 Å². The monoisotopic (exact) mass is 363 g/mol. The molecule has 0 unspecified atom stereocenters. The largest absolute Gasteiger partial charge is 0.151 e. The Bertz CT molecular complexity index is 627. The summed E-state index contributed by atoms with van der Waals surface area (Å²) in [5.74, 6) is 1.88. The van der Waals surface area contributed by atoms with Crippen molar-refractivity contribution >= 4 is 12.7 Å². The van der Waals surface area contributed by atoms with Crippen LogP contribution in [0.15, 0.2) is 36.9 Å². The zero-order valence-electron chi connectivity index (χ0n) is 18.5. The molecule has 0 bridgehead atoms. The van der Waals surface area contributed by atoms with E-state index in [4.69, 9.17) is 0 Å². The Morgan fingerprint density at radius 1 is 1.11 bits per heavy atom. The van der Waals surface area contributed by atoms with Gasteiger partial charge >= 0.3 is 0 Å². The van der Waals surface area contributed by atoms with Crippen LogP contribution in [-0.2, 0) is 0 Å². The first-order valence-corrected chi connectivity index (χ1v) is 11.3. The number of allylic oxidation sites excluding steroid dienone is 1. The van der Waals surface area contributed by atoms with Crippen molar-refractivity contribution in [1.82, 2.24) is 0 Å². The molecule has 0 aliphatic heterocycles. The standard InChI is InChI=1S/C26H40B/c1-7-15-26(22-11-12-22)18-21(19-26)20-9-13-23(14-10-20)27-17-16-25(5,6)24(3,4)8-2/h8-10,13-14,21-22H,2,7,11-12,15-19H2,1,3-6H3. The van der Waals surface area contributed by atoms with Crippen molar-refractivity contribution in [3.05, 3.63) is 42.5 Å². The van der Waals surface area contributed by atoms with E-state index in [1.54, 1.807) is 5.56 Å². The van der Waals surface area contributed by atoms with Gasteiger partial charge in [-0.2, -0.15) is 0 Å². The first-order valence-electron chi connectivity index (χ1n) is 11.3. The van der Waals surface area contributed by atoms with E-state index in [0.717, 1.165) is 18.2 Å². The first-order chi connectivity index (χ1) is 12.7. The Balaban J connectivity index is 1.49. The summed E-state index contributed by atoms with van der Waals surface area (Å²) in [4.78, 5) is 0. The molecule has 2 saturated carbocycles. The van der Waals surface area contributed by atoms with Gasteiger partial charge in [-0.25, -0.2) is 0 Å². The normalized spacial score (nSPS) is 25.7. The van der Waals surface area contributed by atoms with Crippen molar-refractivity contribution in [1.29, 1.82) is 0 Å². The van der Waals surface area contributed by atoms with Gasteiger partial charge in [0.25, 0.3) is 0 Å². The lowest BCUT2D eigenvalue weighted by Crippen LogP contribution is -2.37. The summed E-state index contributed by atoms with van der Waals surface area (Å²) >= 11 is 0. The second-order valence-electron chi connectivity index (χ2n) is 10.7. The van der Waals surface area contributed by atoms with Gasteiger partial charge in [0.15, 0.2) is 7.28 Å². The molecule has 2 aliphatic rings. The lowest BCUT2D eigenvalue weighted by molar-refractivity contribution is 0.0599. The minimum atomic E-state index is 0.168. The maximum atomic E-state index is 4.03. The highest BCUT2D eigenvalue weighted by atomic mass is 14.6. The third-order valence-electron chi connectivity index (χ3n) is 8.31. The summed E-state index contributed by atoms with van der Waals surface area (Å²) in [6, 6.07) is 9.49. The smallest absolute Gasteiger partial charge is 0.103 e. The molecular formula is C26H40B. The zero-order valence-corrected chi connectivity index (χ0v) is 18.5. The van der Waals surface area contributed by atoms with Crippen LogP contribution in [0.2, 0.25) is 6.32 Å². The van der Waals surface area contributed by atoms with Gasteiger partial charge in [-0.1, -0.05) is 89.6 Å². The topological polar surface area (TPSA) is 0 Å². The number of hydrogen-bond donors (Lipinski definition) is 0. The van der Waals surface area contributed by atoms with Crippen molar-refractivity contribution in [3.8, 4) is 0 Å². The fourth-order valence-electron chi connectivity index (χ4n) is 5.19. The van der Waals surface area contributed by atoms with Crippen molar-refractivity contribution in [2.75, 3.05) is 0 Å². The predicted octanol–water partition coefficient (Wildman–Crippen LogP) is 7.14. The van der Waals surface area contributed by atoms with Crippen LogP contribution in [0.4, 0.5) is 0 Å². The van der Waals surface area contributed by atoms with Gasteiger partial charge in [0.05, 0.1) is 0 Å². The summed E-state index contributed by atoms with van der Waals surface area (Å²) in [6.07, 6.45) is 13.1. The zero-order chi connectivity index (χ0) is 19.7. The molecule has 0 aromatic heterocycles. The Morgan fingerprint density at radius 2 is 1.74 bits per heavy atom. The van der Waals surface area contributed by atoms with Gasteiger partial charge in [-0.3, -0.25) is 0 Å². The van der Waals surface area contributed by atoms with E-state index >= 15 is 0 Å². The summed E-state index contributed by atoms with van der Waals surface area (Å²) in [6.45, 7) is 15.7. The molecule has 0 N–H and O–H groups in total. The molecule has 1 radical (unpaired) electrons. The van der Waals surface area contributed by atoms with Gasteiger partial charge in [-0.05, 0) is 65.7 Å². The van der Waals surface area contributed by atoms with Crippen LogP contribution in [-0.4, -0.2) is 7.28 Å². The highest BCUT2D eigenvalue weighted by molar-refractivity contribution is 6.53. The van der Waals surface area contributed by atoms with Crippen LogP contribution in [0.25, 0.3) is 0 Å². The van der Waals surface area contributed by atoms with Crippen LogP contribution in [0.3, 0.4) is 0 Å². The highest BCUT2D eigenvalue weighted by Crippen LogP contribution is 2.64. The Morgan fingerprint density at radius 3 is 2.26 bits per heavy atom. The summed E-state index contributed by atoms with van der Waals surface area (Å²) in [5, 5.41) is 0. The van der Waals surface area contributed by atoms with Crippen LogP contribution in [0.1, 0.15) is 91.0 Å². The van der Waals surface area contributed by atoms with Crippen molar-refractivity contribution in [2.45, 2.75) is 91.8 Å². The van der Waals surface area contributed by atoms with Crippen LogP contribution >= 0.6 is 0 Å². The maximum absolute atomic E-state index is 4.03. The maximum Gasteiger partial charge on any atom is 0.151 e. The molecule has 27 heavy (non-hydrogen) atoms. The fraction of sp³-hybridized carbons (Fsp3) is 0.692. The second-order valence-corrected chi connectivity index (χ2v) is 10.7. The third-order valence-corrected chi connectivity index (χ3v) is 8.31. The lowest BCUT2D eigenvalue weighted by Gasteiger charge is -2.49. The lowest BCUT2D eigenvalue weighted by atomic mass is 9.55. The molecule has 1 aromatic carbocycles. The van der Waals surface area contributed by atoms with E-state index in [0.29, 0.717) is 5.41 Å². The summed E-state index contributed by atoms with van der Waals surface area (Å²) in [5.41, 5.74) is 4.11. The summed E-state index contributed by atoms with van der Waals surface area (Å²) < 4.78 is 0. The molecule has 1 heteroatoms. The SMILES string of the molecule is C=CC(C)(C)C(C)(C)CC[B]c1ccc(C2CC(CCC)(C3CC3)C2)cc1. The molecule has 0 amide bonds. The predicted molar refractivity (Wildman–Crippen MR) is 121 cm³/mol. The fourth-order valence-corrected chi connectivity index (χ4v) is 5.19. The second kappa shape index (κ2) is 7.80. The van der Waals surface area contributed by atoms with Gasteiger partial charge in [0.1, 0.15) is 0 Å². The average Bonchev–Trinajstić information content (AvgIpc) is 3.43. The van der Waals surface area contributed by atoms with Crippen molar-refractivity contribution in [2.24, 2.45) is 22.2 Å². The van der Waals surface area contributed by atoms with Crippen LogP contribution < -0.4 is 5.46 Å². The Labute approximate surface area is 169 Å². The van der Waals surface area contributed by atoms with Crippen molar-refractivity contribution in [3.63, 3.8) is 0 Å². The molecule has 3 rings (SSSR count). The number of hydrogen-bond acceptors (Lipinski definition) is 0. The van der Waals surface area contributed by atoms with E-state index in [2.05, 4.69) is 78.8 Å². The van der Waals surface area contributed by atoms with Gasteiger partial charge in [0, 0.05) is 0 Å². The molecule has 0 heterocycles. The minimum absolute atomic E-state index is 0.168. The van der Waals surface area contributed by atoms with E-state index in [9.17, 15) is 0 Å². The van der Waals surface area contributed by atoms with Crippen molar-refractivity contribution < 1.29 is 0 Å². The molecule has 0 saturated heterocycles. The molecule has 147 valence electrons. The molecule has 2 aliphatic carbocycles. The number of benzene rings is 1. The highest BCUT2D eigenvalue weighted by Gasteiger charge is 2.52. The molecule has 0 nitrogen and oxygen atoms in total. The Kier molecular flexibility index (Phi) is 6.00. The minimum Gasteiger partial charge on any atom is -0.103 e. The Hall–Kier alpha value is -0.975. The molecule has 1 aromatic rings. The molecule has 0 spiro atoms.